The van der Waals surface area contributed by atoms with Gasteiger partial charge in [0.2, 0.25) is 5.91 Å². The highest BCUT2D eigenvalue weighted by Crippen LogP contribution is 2.33. The van der Waals surface area contributed by atoms with Crippen LogP contribution in [0.3, 0.4) is 0 Å². The Kier molecular flexibility index (Phi) is 5.07. The summed E-state index contributed by atoms with van der Waals surface area (Å²) in [6, 6.07) is 12.8. The maximum absolute atomic E-state index is 13.7. The third-order valence-corrected chi connectivity index (χ3v) is 5.78. The molecule has 28 heavy (non-hydrogen) atoms. The highest BCUT2D eigenvalue weighted by Gasteiger charge is 2.27. The lowest BCUT2D eigenvalue weighted by Crippen LogP contribution is -2.28. The summed E-state index contributed by atoms with van der Waals surface area (Å²) < 4.78 is 13.7. The van der Waals surface area contributed by atoms with E-state index in [1.807, 2.05) is 24.3 Å². The van der Waals surface area contributed by atoms with Gasteiger partial charge in [0.1, 0.15) is 5.82 Å². The molecule has 1 unspecified atom stereocenters. The second-order valence-corrected chi connectivity index (χ2v) is 7.42. The number of aromatic amines is 1. The van der Waals surface area contributed by atoms with Gasteiger partial charge in [-0.2, -0.15) is 0 Å². The Labute approximate surface area is 164 Å². The lowest BCUT2D eigenvalue weighted by atomic mass is 9.85. The summed E-state index contributed by atoms with van der Waals surface area (Å²) in [7, 11) is 0. The van der Waals surface area contributed by atoms with Crippen LogP contribution in [0.4, 0.5) is 15.8 Å². The van der Waals surface area contributed by atoms with Gasteiger partial charge in [-0.1, -0.05) is 0 Å². The zero-order valence-electron chi connectivity index (χ0n) is 16.4. The van der Waals surface area contributed by atoms with Gasteiger partial charge >= 0.3 is 0 Å². The number of H-pyrrole nitrogens is 1. The van der Waals surface area contributed by atoms with Crippen LogP contribution in [0.25, 0.3) is 10.9 Å². The van der Waals surface area contributed by atoms with Gasteiger partial charge in [0.15, 0.2) is 0 Å². The quantitative estimate of drug-likeness (QED) is 0.663. The van der Waals surface area contributed by atoms with Crippen molar-refractivity contribution < 1.29 is 9.18 Å². The molecule has 4 rings (SSSR count). The molecule has 5 heteroatoms. The van der Waals surface area contributed by atoms with E-state index in [1.165, 1.54) is 6.07 Å². The first-order valence-electron chi connectivity index (χ1n) is 10.0. The van der Waals surface area contributed by atoms with E-state index < -0.39 is 0 Å². The summed E-state index contributed by atoms with van der Waals surface area (Å²) in [4.78, 5) is 18.5. The van der Waals surface area contributed by atoms with Crippen LogP contribution in [0.15, 0.2) is 42.5 Å². The Morgan fingerprint density at radius 1 is 1.18 bits per heavy atom. The van der Waals surface area contributed by atoms with E-state index in [-0.39, 0.29) is 17.6 Å². The van der Waals surface area contributed by atoms with E-state index in [9.17, 15) is 9.18 Å². The predicted molar refractivity (Wildman–Crippen MR) is 112 cm³/mol. The number of anilines is 2. The molecule has 1 aromatic heterocycles. The van der Waals surface area contributed by atoms with Crippen LogP contribution in [0, 0.1) is 11.7 Å². The lowest BCUT2D eigenvalue weighted by Gasteiger charge is -2.23. The average molecular weight is 379 g/mol. The molecular weight excluding hydrogens is 353 g/mol. The van der Waals surface area contributed by atoms with Crippen LogP contribution in [-0.2, 0) is 17.6 Å². The zero-order chi connectivity index (χ0) is 19.7. The number of carbonyl (C=O) groups excluding carboxylic acids is 1. The fourth-order valence-electron chi connectivity index (χ4n) is 4.20. The highest BCUT2D eigenvalue weighted by molar-refractivity contribution is 5.94. The molecule has 1 aliphatic rings. The molecule has 2 aromatic carbocycles. The summed E-state index contributed by atoms with van der Waals surface area (Å²) in [5.41, 5.74) is 5.13. The summed E-state index contributed by atoms with van der Waals surface area (Å²) in [5, 5.41) is 3.95. The first-order valence-corrected chi connectivity index (χ1v) is 10.0. The van der Waals surface area contributed by atoms with Crippen molar-refractivity contribution in [2.24, 2.45) is 5.92 Å². The molecule has 4 nitrogen and oxygen atoms in total. The first-order chi connectivity index (χ1) is 13.6. The SMILES string of the molecule is CCN(CC)c1ccc(NC(=O)C2CCc3[nH]c4ccc(F)cc4c3C2)cc1. The topological polar surface area (TPSA) is 48.1 Å². The maximum atomic E-state index is 13.7. The Bertz CT molecular complexity index is 989. The minimum absolute atomic E-state index is 0.0343. The van der Waals surface area contributed by atoms with Crippen molar-refractivity contribution in [2.75, 3.05) is 23.3 Å². The largest absolute Gasteiger partial charge is 0.372 e. The van der Waals surface area contributed by atoms with Crippen LogP contribution in [-0.4, -0.2) is 24.0 Å². The number of nitrogens with zero attached hydrogens (tertiary/aromatic N) is 1. The van der Waals surface area contributed by atoms with Gasteiger partial charge in [-0.25, -0.2) is 4.39 Å². The standard InChI is InChI=1S/C23H26FN3O/c1-3-27(4-2)18-9-7-17(8-10-18)25-23(28)15-5-11-21-19(13-15)20-14-16(24)6-12-22(20)26-21/h6-10,12,14-15,26H,3-5,11,13H2,1-2H3,(H,25,28). The number of hydrogen-bond acceptors (Lipinski definition) is 2. The molecule has 1 aliphatic carbocycles. The number of nitrogens with one attached hydrogen (secondary N) is 2. The number of aryl methyl sites for hydroxylation is 1. The van der Waals surface area contributed by atoms with Crippen LogP contribution >= 0.6 is 0 Å². The molecule has 0 aliphatic heterocycles. The van der Waals surface area contributed by atoms with Crippen molar-refractivity contribution in [3.05, 3.63) is 59.5 Å². The minimum Gasteiger partial charge on any atom is -0.372 e. The second kappa shape index (κ2) is 7.66. The highest BCUT2D eigenvalue weighted by atomic mass is 19.1. The number of carbonyl (C=O) groups is 1. The molecule has 0 saturated heterocycles. The summed E-state index contributed by atoms with van der Waals surface area (Å²) in [6.07, 6.45) is 2.25. The van der Waals surface area contributed by atoms with Crippen LogP contribution in [0.1, 0.15) is 31.5 Å². The molecule has 1 heterocycles. The smallest absolute Gasteiger partial charge is 0.227 e. The van der Waals surface area contributed by atoms with Crippen LogP contribution in [0.2, 0.25) is 0 Å². The molecule has 1 amide bonds. The molecule has 0 bridgehead atoms. The number of rotatable bonds is 5. The summed E-state index contributed by atoms with van der Waals surface area (Å²) >= 11 is 0. The van der Waals surface area contributed by atoms with Gasteiger partial charge in [-0.3, -0.25) is 4.79 Å². The van der Waals surface area contributed by atoms with Crippen molar-refractivity contribution in [3.8, 4) is 0 Å². The fraction of sp³-hybridized carbons (Fsp3) is 0.348. The van der Waals surface area contributed by atoms with Crippen molar-refractivity contribution in [3.63, 3.8) is 0 Å². The number of hydrogen-bond donors (Lipinski definition) is 2. The van der Waals surface area contributed by atoms with Gasteiger partial charge < -0.3 is 15.2 Å². The van der Waals surface area contributed by atoms with Crippen molar-refractivity contribution in [1.29, 1.82) is 0 Å². The van der Waals surface area contributed by atoms with Crippen LogP contribution < -0.4 is 10.2 Å². The van der Waals surface area contributed by atoms with Gasteiger partial charge in [0.25, 0.3) is 0 Å². The molecule has 2 N–H and O–H groups in total. The number of aromatic nitrogens is 1. The van der Waals surface area contributed by atoms with E-state index in [2.05, 4.69) is 29.0 Å². The van der Waals surface area contributed by atoms with Gasteiger partial charge in [0, 0.05) is 47.0 Å². The molecule has 0 spiro atoms. The molecule has 1 atom stereocenters. The minimum atomic E-state index is -0.242. The molecule has 146 valence electrons. The van der Waals surface area contributed by atoms with E-state index in [0.717, 1.165) is 59.5 Å². The zero-order valence-corrected chi connectivity index (χ0v) is 16.4. The third kappa shape index (κ3) is 3.49. The Morgan fingerprint density at radius 2 is 1.93 bits per heavy atom. The van der Waals surface area contributed by atoms with E-state index in [0.29, 0.717) is 6.42 Å². The normalized spacial score (nSPS) is 16.0. The Morgan fingerprint density at radius 3 is 2.64 bits per heavy atom. The molecule has 3 aromatic rings. The third-order valence-electron chi connectivity index (χ3n) is 5.78. The Balaban J connectivity index is 1.48. The van der Waals surface area contributed by atoms with E-state index in [1.54, 1.807) is 12.1 Å². The van der Waals surface area contributed by atoms with Crippen molar-refractivity contribution >= 4 is 28.2 Å². The summed E-state index contributed by atoms with van der Waals surface area (Å²) in [5.74, 6) is -0.307. The van der Waals surface area contributed by atoms with E-state index in [4.69, 9.17) is 0 Å². The molecular formula is C23H26FN3O. The predicted octanol–water partition coefficient (Wildman–Crippen LogP) is 4.90. The van der Waals surface area contributed by atoms with Gasteiger partial charge in [-0.15, -0.1) is 0 Å². The fourth-order valence-corrected chi connectivity index (χ4v) is 4.20. The van der Waals surface area contributed by atoms with Gasteiger partial charge in [0.05, 0.1) is 0 Å². The van der Waals surface area contributed by atoms with Crippen LogP contribution in [0.5, 0.6) is 0 Å². The number of halogens is 1. The number of fused-ring (bicyclic) bond motifs is 3. The molecule has 0 saturated carbocycles. The first kappa shape index (κ1) is 18.5. The van der Waals surface area contributed by atoms with Crippen molar-refractivity contribution in [1.82, 2.24) is 4.98 Å². The maximum Gasteiger partial charge on any atom is 0.227 e. The molecule has 0 fully saturated rings. The number of amides is 1. The molecule has 0 radical (unpaired) electrons. The Hall–Kier alpha value is -2.82. The number of benzene rings is 2. The lowest BCUT2D eigenvalue weighted by molar-refractivity contribution is -0.120. The monoisotopic (exact) mass is 379 g/mol. The second-order valence-electron chi connectivity index (χ2n) is 7.42. The van der Waals surface area contributed by atoms with Crippen molar-refractivity contribution in [2.45, 2.75) is 33.1 Å². The van der Waals surface area contributed by atoms with Gasteiger partial charge in [-0.05, 0) is 81.1 Å². The average Bonchev–Trinajstić information content (AvgIpc) is 3.07. The summed E-state index contributed by atoms with van der Waals surface area (Å²) in [6.45, 7) is 6.18. The van der Waals surface area contributed by atoms with E-state index >= 15 is 0 Å².